The van der Waals surface area contributed by atoms with Crippen molar-refractivity contribution in [3.05, 3.63) is 94.8 Å². The highest BCUT2D eigenvalue weighted by molar-refractivity contribution is 6.31. The van der Waals surface area contributed by atoms with Gasteiger partial charge in [0.25, 0.3) is 0 Å². The Morgan fingerprint density at radius 2 is 1.91 bits per heavy atom. The first kappa shape index (κ1) is 20.5. The normalized spacial score (nSPS) is 10.6. The van der Waals surface area contributed by atoms with E-state index in [1.807, 2.05) is 18.2 Å². The van der Waals surface area contributed by atoms with Crippen LogP contribution in [0.25, 0.3) is 22.4 Å². The fourth-order valence-electron chi connectivity index (χ4n) is 3.15. The summed E-state index contributed by atoms with van der Waals surface area (Å²) in [4.78, 5) is 17.4. The molecule has 33 heavy (non-hydrogen) atoms. The zero-order chi connectivity index (χ0) is 22.6. The number of rotatable bonds is 4. The summed E-state index contributed by atoms with van der Waals surface area (Å²) in [6.45, 7) is 0.141. The Hall–Kier alpha value is -4.35. The highest BCUT2D eigenvalue weighted by atomic mass is 35.5. The standard InChI is InChI=1S/C24H15ClFN7/c25-19-2-1-3-20(26)18(19)14-29-24-28-11-9-22(32-24)23-27-10-8-17(31-23)6-4-15-5-7-21-16(12-15)13-30-33-21/h1-3,5,7-13H,14H2,(H,30,33)(H,28,29,32). The maximum absolute atomic E-state index is 14.0. The number of hydrogen-bond donors (Lipinski definition) is 2. The van der Waals surface area contributed by atoms with Gasteiger partial charge in [-0.3, -0.25) is 5.10 Å². The Bertz CT molecular complexity index is 1500. The van der Waals surface area contributed by atoms with Gasteiger partial charge >= 0.3 is 0 Å². The van der Waals surface area contributed by atoms with Crippen molar-refractivity contribution in [1.29, 1.82) is 0 Å². The first-order valence-corrected chi connectivity index (χ1v) is 10.3. The Balaban J connectivity index is 1.35. The summed E-state index contributed by atoms with van der Waals surface area (Å²) in [6.07, 6.45) is 4.96. The van der Waals surface area contributed by atoms with Crippen molar-refractivity contribution < 1.29 is 4.39 Å². The van der Waals surface area contributed by atoms with Gasteiger partial charge in [0.1, 0.15) is 17.2 Å². The molecule has 2 aromatic carbocycles. The molecule has 0 atom stereocenters. The van der Waals surface area contributed by atoms with Crippen LogP contribution in [0.3, 0.4) is 0 Å². The molecule has 0 saturated heterocycles. The summed E-state index contributed by atoms with van der Waals surface area (Å²) >= 11 is 6.08. The summed E-state index contributed by atoms with van der Waals surface area (Å²) in [5.41, 5.74) is 3.21. The van der Waals surface area contributed by atoms with Crippen molar-refractivity contribution in [2.24, 2.45) is 0 Å². The molecule has 0 saturated carbocycles. The first-order chi connectivity index (χ1) is 16.2. The third kappa shape index (κ3) is 4.63. The van der Waals surface area contributed by atoms with Crippen LogP contribution in [0.15, 0.2) is 67.1 Å². The second-order valence-electron chi connectivity index (χ2n) is 7.01. The van der Waals surface area contributed by atoms with Crippen LogP contribution in [-0.4, -0.2) is 30.1 Å². The summed E-state index contributed by atoms with van der Waals surface area (Å²) in [6, 6.07) is 13.8. The smallest absolute Gasteiger partial charge is 0.223 e. The fourth-order valence-corrected chi connectivity index (χ4v) is 3.38. The Labute approximate surface area is 193 Å². The minimum atomic E-state index is -0.396. The van der Waals surface area contributed by atoms with Crippen LogP contribution < -0.4 is 5.32 Å². The molecule has 0 fully saturated rings. The van der Waals surface area contributed by atoms with E-state index >= 15 is 0 Å². The highest BCUT2D eigenvalue weighted by Gasteiger charge is 2.09. The number of halogens is 2. The lowest BCUT2D eigenvalue weighted by molar-refractivity contribution is 0.613. The molecule has 0 amide bonds. The van der Waals surface area contributed by atoms with Crippen molar-refractivity contribution in [2.45, 2.75) is 6.54 Å². The lowest BCUT2D eigenvalue weighted by Gasteiger charge is -2.08. The number of aromatic nitrogens is 6. The van der Waals surface area contributed by atoms with Crippen LogP contribution in [0.1, 0.15) is 16.8 Å². The van der Waals surface area contributed by atoms with Crippen LogP contribution in [0.2, 0.25) is 5.02 Å². The molecule has 7 nitrogen and oxygen atoms in total. The zero-order valence-electron chi connectivity index (χ0n) is 17.0. The largest absolute Gasteiger partial charge is 0.350 e. The van der Waals surface area contributed by atoms with E-state index < -0.39 is 5.82 Å². The van der Waals surface area contributed by atoms with E-state index in [9.17, 15) is 4.39 Å². The number of aromatic amines is 1. The molecule has 0 bridgehead atoms. The summed E-state index contributed by atoms with van der Waals surface area (Å²) in [5, 5.41) is 11.2. The van der Waals surface area contributed by atoms with Gasteiger partial charge < -0.3 is 5.32 Å². The van der Waals surface area contributed by atoms with Crippen LogP contribution in [-0.2, 0) is 6.54 Å². The van der Waals surface area contributed by atoms with E-state index in [2.05, 4.69) is 47.3 Å². The minimum absolute atomic E-state index is 0.141. The fraction of sp³-hybridized carbons (Fsp3) is 0.0417. The number of nitrogens with zero attached hydrogens (tertiary/aromatic N) is 5. The van der Waals surface area contributed by atoms with Crippen LogP contribution in [0.4, 0.5) is 10.3 Å². The van der Waals surface area contributed by atoms with E-state index in [0.717, 1.165) is 16.5 Å². The summed E-state index contributed by atoms with van der Waals surface area (Å²) in [5.74, 6) is 6.48. The molecule has 160 valence electrons. The molecule has 3 aromatic heterocycles. The quantitative estimate of drug-likeness (QED) is 0.384. The van der Waals surface area contributed by atoms with Crippen LogP contribution >= 0.6 is 11.6 Å². The number of H-pyrrole nitrogens is 1. The molecule has 5 aromatic rings. The number of hydrogen-bond acceptors (Lipinski definition) is 6. The molecule has 2 N–H and O–H groups in total. The monoisotopic (exact) mass is 455 g/mol. The molecule has 0 aliphatic heterocycles. The van der Waals surface area contributed by atoms with Gasteiger partial charge in [-0.05, 0) is 48.4 Å². The summed E-state index contributed by atoms with van der Waals surface area (Å²) in [7, 11) is 0. The lowest BCUT2D eigenvalue weighted by atomic mass is 10.1. The van der Waals surface area contributed by atoms with E-state index in [1.165, 1.54) is 6.07 Å². The maximum atomic E-state index is 14.0. The predicted octanol–water partition coefficient (Wildman–Crippen LogP) is 4.61. The lowest BCUT2D eigenvalue weighted by Crippen LogP contribution is -2.06. The number of anilines is 1. The van der Waals surface area contributed by atoms with Crippen molar-refractivity contribution in [3.63, 3.8) is 0 Å². The van der Waals surface area contributed by atoms with E-state index in [4.69, 9.17) is 11.6 Å². The van der Waals surface area contributed by atoms with E-state index in [-0.39, 0.29) is 6.54 Å². The predicted molar refractivity (Wildman–Crippen MR) is 124 cm³/mol. The average Bonchev–Trinajstić information content (AvgIpc) is 3.31. The molecule has 0 radical (unpaired) electrons. The average molecular weight is 456 g/mol. The van der Waals surface area contributed by atoms with Gasteiger partial charge in [0.15, 0.2) is 5.82 Å². The molecule has 0 aliphatic carbocycles. The van der Waals surface area contributed by atoms with Crippen LogP contribution in [0, 0.1) is 17.7 Å². The minimum Gasteiger partial charge on any atom is -0.350 e. The zero-order valence-corrected chi connectivity index (χ0v) is 17.8. The van der Waals surface area contributed by atoms with Crippen molar-refractivity contribution in [1.82, 2.24) is 30.1 Å². The van der Waals surface area contributed by atoms with Gasteiger partial charge in [-0.15, -0.1) is 0 Å². The second kappa shape index (κ2) is 9.02. The van der Waals surface area contributed by atoms with Gasteiger partial charge in [-0.2, -0.15) is 5.10 Å². The Morgan fingerprint density at radius 1 is 1.00 bits per heavy atom. The van der Waals surface area contributed by atoms with E-state index in [0.29, 0.717) is 33.7 Å². The molecule has 0 aliphatic rings. The third-order valence-corrected chi connectivity index (χ3v) is 5.15. The third-order valence-electron chi connectivity index (χ3n) is 4.80. The molecule has 9 heteroatoms. The summed E-state index contributed by atoms with van der Waals surface area (Å²) < 4.78 is 14.0. The number of nitrogens with one attached hydrogen (secondary N) is 2. The molecule has 0 spiro atoms. The first-order valence-electron chi connectivity index (χ1n) is 9.94. The Kier molecular flexibility index (Phi) is 5.62. The molecular weight excluding hydrogens is 441 g/mol. The maximum Gasteiger partial charge on any atom is 0.223 e. The second-order valence-corrected chi connectivity index (χ2v) is 7.41. The van der Waals surface area contributed by atoms with Crippen LogP contribution in [0.5, 0.6) is 0 Å². The highest BCUT2D eigenvalue weighted by Crippen LogP contribution is 2.20. The number of benzene rings is 2. The van der Waals surface area contributed by atoms with E-state index in [1.54, 1.807) is 42.9 Å². The molecule has 3 heterocycles. The number of fused-ring (bicyclic) bond motifs is 1. The SMILES string of the molecule is Fc1cccc(Cl)c1CNc1nccc(-c2nccc(C#Cc3ccc4[nH]ncc4c3)n2)n1. The van der Waals surface area contributed by atoms with Crippen molar-refractivity contribution >= 4 is 28.5 Å². The van der Waals surface area contributed by atoms with Gasteiger partial charge in [0.05, 0.1) is 11.7 Å². The van der Waals surface area contributed by atoms with Gasteiger partial charge in [0.2, 0.25) is 5.95 Å². The van der Waals surface area contributed by atoms with Crippen molar-refractivity contribution in [2.75, 3.05) is 5.32 Å². The van der Waals surface area contributed by atoms with Gasteiger partial charge in [-0.1, -0.05) is 23.6 Å². The molecular formula is C24H15ClFN7. The topological polar surface area (TPSA) is 92.3 Å². The molecule has 0 unspecified atom stereocenters. The molecule has 5 rings (SSSR count). The van der Waals surface area contributed by atoms with Gasteiger partial charge in [0, 0.05) is 40.5 Å². The Morgan fingerprint density at radius 3 is 2.82 bits per heavy atom. The van der Waals surface area contributed by atoms with Gasteiger partial charge in [-0.25, -0.2) is 24.3 Å². The van der Waals surface area contributed by atoms with Crippen molar-refractivity contribution in [3.8, 4) is 23.4 Å².